The number of ether oxygens (including phenoxy) is 1. The summed E-state index contributed by atoms with van der Waals surface area (Å²) < 4.78 is 30.0. The van der Waals surface area contributed by atoms with Crippen LogP contribution in [-0.2, 0) is 13.6 Å². The number of benzene rings is 1. The van der Waals surface area contributed by atoms with Crippen LogP contribution in [0.2, 0.25) is 5.15 Å². The highest BCUT2D eigenvalue weighted by Crippen LogP contribution is 2.18. The number of hydrogen-bond donors (Lipinski definition) is 1. The van der Waals surface area contributed by atoms with Crippen LogP contribution < -0.4 is 10.1 Å². The number of halogens is 3. The predicted molar refractivity (Wildman–Crippen MR) is 68.6 cm³/mol. The van der Waals surface area contributed by atoms with E-state index in [1.165, 1.54) is 12.1 Å². The van der Waals surface area contributed by atoms with Crippen molar-refractivity contribution in [1.29, 1.82) is 0 Å². The van der Waals surface area contributed by atoms with E-state index in [9.17, 15) is 8.78 Å². The van der Waals surface area contributed by atoms with Crippen LogP contribution in [0.1, 0.15) is 5.82 Å². The van der Waals surface area contributed by atoms with E-state index < -0.39 is 6.61 Å². The van der Waals surface area contributed by atoms with Crippen molar-refractivity contribution < 1.29 is 13.5 Å². The van der Waals surface area contributed by atoms with Gasteiger partial charge in [-0.2, -0.15) is 8.78 Å². The van der Waals surface area contributed by atoms with Gasteiger partial charge in [-0.1, -0.05) is 11.6 Å². The van der Waals surface area contributed by atoms with Gasteiger partial charge in [0.05, 0.1) is 12.7 Å². The molecule has 0 unspecified atom stereocenters. The molecule has 0 amide bonds. The molecule has 0 fully saturated rings. The summed E-state index contributed by atoms with van der Waals surface area (Å²) in [5.74, 6) is 0.901. The molecule has 2 rings (SSSR count). The Labute approximate surface area is 114 Å². The Morgan fingerprint density at radius 1 is 1.37 bits per heavy atom. The molecule has 0 aliphatic heterocycles. The topological polar surface area (TPSA) is 39.1 Å². The Kier molecular flexibility index (Phi) is 4.21. The van der Waals surface area contributed by atoms with Gasteiger partial charge in [-0.25, -0.2) is 4.98 Å². The zero-order chi connectivity index (χ0) is 13.8. The van der Waals surface area contributed by atoms with Gasteiger partial charge in [-0.15, -0.1) is 0 Å². The van der Waals surface area contributed by atoms with Gasteiger partial charge in [-0.05, 0) is 24.3 Å². The van der Waals surface area contributed by atoms with E-state index in [1.807, 2.05) is 7.05 Å². The maximum atomic E-state index is 12.0. The molecule has 19 heavy (non-hydrogen) atoms. The van der Waals surface area contributed by atoms with Crippen molar-refractivity contribution >= 4 is 17.3 Å². The first kappa shape index (κ1) is 13.6. The van der Waals surface area contributed by atoms with Crippen LogP contribution in [0.5, 0.6) is 5.75 Å². The summed E-state index contributed by atoms with van der Waals surface area (Å²) in [5.41, 5.74) is 0.778. The summed E-state index contributed by atoms with van der Waals surface area (Å²) in [6.45, 7) is -2.33. The van der Waals surface area contributed by atoms with Gasteiger partial charge in [0, 0.05) is 12.7 Å². The quantitative estimate of drug-likeness (QED) is 0.917. The van der Waals surface area contributed by atoms with Crippen LogP contribution in [0.4, 0.5) is 14.5 Å². The van der Waals surface area contributed by atoms with Crippen LogP contribution in [0.15, 0.2) is 30.5 Å². The Morgan fingerprint density at radius 2 is 2.05 bits per heavy atom. The number of nitrogens with zero attached hydrogens (tertiary/aromatic N) is 2. The number of nitrogens with one attached hydrogen (secondary N) is 1. The molecule has 1 aromatic heterocycles. The van der Waals surface area contributed by atoms with Gasteiger partial charge in [0.25, 0.3) is 0 Å². The minimum absolute atomic E-state index is 0.126. The normalized spacial score (nSPS) is 10.8. The van der Waals surface area contributed by atoms with Crippen molar-refractivity contribution in [1.82, 2.24) is 9.55 Å². The van der Waals surface area contributed by atoms with Gasteiger partial charge in [0.2, 0.25) is 0 Å². The molecule has 7 heteroatoms. The fourth-order valence-electron chi connectivity index (χ4n) is 1.52. The van der Waals surface area contributed by atoms with Crippen LogP contribution in [0, 0.1) is 0 Å². The first-order valence-corrected chi connectivity index (χ1v) is 5.89. The number of alkyl halides is 2. The number of aromatic nitrogens is 2. The molecule has 0 aliphatic rings. The standard InChI is InChI=1S/C12H12ClF2N3O/c1-18-10(13)6-17-11(18)7-16-8-2-4-9(5-3-8)19-12(14)15/h2-6,12,16H,7H2,1H3. The summed E-state index contributed by atoms with van der Waals surface area (Å²) in [7, 11) is 1.81. The molecule has 102 valence electrons. The number of rotatable bonds is 5. The van der Waals surface area contributed by atoms with Gasteiger partial charge >= 0.3 is 6.61 Å². The van der Waals surface area contributed by atoms with E-state index >= 15 is 0 Å². The average molecular weight is 288 g/mol. The molecule has 0 bridgehead atoms. The van der Waals surface area contributed by atoms with Crippen molar-refractivity contribution in [3.63, 3.8) is 0 Å². The molecular weight excluding hydrogens is 276 g/mol. The predicted octanol–water partition coefficient (Wildman–Crippen LogP) is 3.29. The lowest BCUT2D eigenvalue weighted by Gasteiger charge is -2.08. The lowest BCUT2D eigenvalue weighted by Crippen LogP contribution is -2.06. The monoisotopic (exact) mass is 287 g/mol. The lowest BCUT2D eigenvalue weighted by molar-refractivity contribution is -0.0498. The highest BCUT2D eigenvalue weighted by atomic mass is 35.5. The van der Waals surface area contributed by atoms with E-state index in [0.717, 1.165) is 11.5 Å². The Morgan fingerprint density at radius 3 is 2.58 bits per heavy atom. The molecule has 0 saturated carbocycles. The van der Waals surface area contributed by atoms with Gasteiger partial charge in [-0.3, -0.25) is 0 Å². The van der Waals surface area contributed by atoms with Crippen molar-refractivity contribution in [3.05, 3.63) is 41.4 Å². The number of imidazole rings is 1. The second-order valence-electron chi connectivity index (χ2n) is 3.81. The minimum atomic E-state index is -2.81. The Balaban J connectivity index is 1.95. The van der Waals surface area contributed by atoms with Crippen molar-refractivity contribution in [2.24, 2.45) is 7.05 Å². The molecule has 0 saturated heterocycles. The SMILES string of the molecule is Cn1c(Cl)cnc1CNc1ccc(OC(F)F)cc1. The van der Waals surface area contributed by atoms with Crippen molar-refractivity contribution in [2.45, 2.75) is 13.2 Å². The highest BCUT2D eigenvalue weighted by Gasteiger charge is 2.05. The second kappa shape index (κ2) is 5.88. The number of hydrogen-bond acceptors (Lipinski definition) is 3. The van der Waals surface area contributed by atoms with Crippen molar-refractivity contribution in [2.75, 3.05) is 5.32 Å². The van der Waals surface area contributed by atoms with Gasteiger partial charge in [0.15, 0.2) is 0 Å². The smallest absolute Gasteiger partial charge is 0.387 e. The van der Waals surface area contributed by atoms with Gasteiger partial charge < -0.3 is 14.6 Å². The summed E-state index contributed by atoms with van der Waals surface area (Å²) in [4.78, 5) is 4.13. The van der Waals surface area contributed by atoms with Crippen LogP contribution in [-0.4, -0.2) is 16.2 Å². The molecule has 0 radical (unpaired) electrons. The molecule has 0 aliphatic carbocycles. The minimum Gasteiger partial charge on any atom is -0.435 e. The van der Waals surface area contributed by atoms with E-state index in [4.69, 9.17) is 11.6 Å². The molecule has 0 spiro atoms. The Bertz CT molecular complexity index is 542. The fraction of sp³-hybridized carbons (Fsp3) is 0.250. The molecule has 4 nitrogen and oxygen atoms in total. The second-order valence-corrected chi connectivity index (χ2v) is 4.20. The number of anilines is 1. The first-order valence-electron chi connectivity index (χ1n) is 5.51. The average Bonchev–Trinajstić information content (AvgIpc) is 2.69. The summed E-state index contributed by atoms with van der Waals surface area (Å²) in [5, 5.41) is 3.66. The third kappa shape index (κ3) is 3.57. The maximum Gasteiger partial charge on any atom is 0.387 e. The highest BCUT2D eigenvalue weighted by molar-refractivity contribution is 6.29. The molecule has 2 aromatic rings. The van der Waals surface area contributed by atoms with E-state index in [0.29, 0.717) is 11.7 Å². The largest absolute Gasteiger partial charge is 0.435 e. The maximum absolute atomic E-state index is 12.0. The van der Waals surface area contributed by atoms with Gasteiger partial charge in [0.1, 0.15) is 16.7 Å². The zero-order valence-corrected chi connectivity index (χ0v) is 10.9. The van der Waals surface area contributed by atoms with E-state index in [-0.39, 0.29) is 5.75 Å². The molecule has 1 N–H and O–H groups in total. The van der Waals surface area contributed by atoms with Crippen LogP contribution >= 0.6 is 11.6 Å². The van der Waals surface area contributed by atoms with Crippen LogP contribution in [0.3, 0.4) is 0 Å². The fourth-order valence-corrected chi connectivity index (χ4v) is 1.67. The lowest BCUT2D eigenvalue weighted by atomic mass is 10.3. The third-order valence-electron chi connectivity index (χ3n) is 2.56. The summed E-state index contributed by atoms with van der Waals surface area (Å²) in [6, 6.07) is 6.25. The van der Waals surface area contributed by atoms with Crippen molar-refractivity contribution in [3.8, 4) is 5.75 Å². The molecular formula is C12H12ClF2N3O. The first-order chi connectivity index (χ1) is 9.06. The summed E-state index contributed by atoms with van der Waals surface area (Å²) in [6.07, 6.45) is 1.57. The Hall–Kier alpha value is -1.82. The molecule has 0 atom stereocenters. The molecule has 1 heterocycles. The molecule has 1 aromatic carbocycles. The third-order valence-corrected chi connectivity index (χ3v) is 2.91. The van der Waals surface area contributed by atoms with E-state index in [1.54, 1.807) is 22.9 Å². The van der Waals surface area contributed by atoms with E-state index in [2.05, 4.69) is 15.0 Å². The summed E-state index contributed by atoms with van der Waals surface area (Å²) >= 11 is 5.87. The van der Waals surface area contributed by atoms with Crippen LogP contribution in [0.25, 0.3) is 0 Å². The zero-order valence-electron chi connectivity index (χ0n) is 10.1.